The summed E-state index contributed by atoms with van der Waals surface area (Å²) in [7, 11) is -3.24. The number of benzene rings is 1. The normalized spacial score (nSPS) is 21.8. The van der Waals surface area contributed by atoms with E-state index in [0.29, 0.717) is 38.9 Å². The summed E-state index contributed by atoms with van der Waals surface area (Å²) in [5, 5.41) is 1.01. The summed E-state index contributed by atoms with van der Waals surface area (Å²) < 4.78 is 26.1. The molecule has 1 amide bonds. The van der Waals surface area contributed by atoms with E-state index in [2.05, 4.69) is 0 Å². The van der Waals surface area contributed by atoms with Crippen LogP contribution in [0.25, 0.3) is 0 Å². The van der Waals surface area contributed by atoms with Crippen LogP contribution < -0.4 is 0 Å². The van der Waals surface area contributed by atoms with Crippen molar-refractivity contribution in [2.45, 2.75) is 50.5 Å². The summed E-state index contributed by atoms with van der Waals surface area (Å²) in [4.78, 5) is 18.3. The standard InChI is InChI=1S/C17H24N2O4S/c1-14(2)24(21,22)18-10-8-17(9-11-18)12-16(20)19(23-17)13-15-6-4-3-5-7-15/h3-7,14H,8-13H2,1-2H3. The van der Waals surface area contributed by atoms with Crippen LogP contribution in [0.15, 0.2) is 30.3 Å². The van der Waals surface area contributed by atoms with Crippen LogP contribution in [0.1, 0.15) is 38.7 Å². The van der Waals surface area contributed by atoms with Gasteiger partial charge in [0.2, 0.25) is 15.9 Å². The van der Waals surface area contributed by atoms with Crippen LogP contribution in [-0.4, -0.2) is 47.6 Å². The van der Waals surface area contributed by atoms with Crippen molar-refractivity contribution in [3.05, 3.63) is 35.9 Å². The number of rotatable bonds is 4. The Balaban J connectivity index is 1.64. The van der Waals surface area contributed by atoms with Crippen LogP contribution in [0.3, 0.4) is 0 Å². The first kappa shape index (κ1) is 17.4. The van der Waals surface area contributed by atoms with Gasteiger partial charge in [-0.3, -0.25) is 9.63 Å². The summed E-state index contributed by atoms with van der Waals surface area (Å²) in [5.74, 6) is -0.0287. The Morgan fingerprint density at radius 1 is 1.17 bits per heavy atom. The van der Waals surface area contributed by atoms with Crippen molar-refractivity contribution in [1.82, 2.24) is 9.37 Å². The van der Waals surface area contributed by atoms with E-state index >= 15 is 0 Å². The number of hydroxylamine groups is 2. The third-order valence-corrected chi connectivity index (χ3v) is 7.09. The Labute approximate surface area is 143 Å². The zero-order valence-electron chi connectivity index (χ0n) is 14.1. The Morgan fingerprint density at radius 3 is 2.38 bits per heavy atom. The minimum Gasteiger partial charge on any atom is -0.272 e. The van der Waals surface area contributed by atoms with Crippen molar-refractivity contribution in [2.75, 3.05) is 13.1 Å². The van der Waals surface area contributed by atoms with Crippen LogP contribution in [0.5, 0.6) is 0 Å². The summed E-state index contributed by atoms with van der Waals surface area (Å²) in [6.07, 6.45) is 1.43. The Hall–Kier alpha value is -1.44. The molecule has 0 saturated carbocycles. The number of nitrogens with zero attached hydrogens (tertiary/aromatic N) is 2. The highest BCUT2D eigenvalue weighted by molar-refractivity contribution is 7.89. The molecule has 0 radical (unpaired) electrons. The Bertz CT molecular complexity index is 695. The van der Waals surface area contributed by atoms with Gasteiger partial charge in [-0.15, -0.1) is 0 Å². The van der Waals surface area contributed by atoms with E-state index in [4.69, 9.17) is 4.84 Å². The fourth-order valence-electron chi connectivity index (χ4n) is 3.26. The molecule has 0 aliphatic carbocycles. The zero-order chi connectivity index (χ0) is 17.4. The number of piperidine rings is 1. The lowest BCUT2D eigenvalue weighted by molar-refractivity contribution is -0.212. The van der Waals surface area contributed by atoms with Gasteiger partial charge < -0.3 is 0 Å². The second-order valence-corrected chi connectivity index (χ2v) is 9.35. The van der Waals surface area contributed by atoms with Gasteiger partial charge >= 0.3 is 0 Å². The average Bonchev–Trinajstić information content (AvgIpc) is 2.84. The molecule has 1 aromatic carbocycles. The van der Waals surface area contributed by atoms with Gasteiger partial charge in [0.05, 0.1) is 18.2 Å². The highest BCUT2D eigenvalue weighted by atomic mass is 32.2. The lowest BCUT2D eigenvalue weighted by Crippen LogP contribution is -2.48. The average molecular weight is 352 g/mol. The molecule has 0 aromatic heterocycles. The van der Waals surface area contributed by atoms with Crippen LogP contribution in [-0.2, 0) is 26.2 Å². The second kappa shape index (κ2) is 6.46. The maximum Gasteiger partial charge on any atom is 0.249 e. The fraction of sp³-hybridized carbons (Fsp3) is 0.588. The molecule has 6 nitrogen and oxygen atoms in total. The lowest BCUT2D eigenvalue weighted by atomic mass is 9.89. The molecule has 2 heterocycles. The molecule has 1 aromatic rings. The molecule has 2 saturated heterocycles. The van der Waals surface area contributed by atoms with E-state index in [-0.39, 0.29) is 5.91 Å². The fourth-order valence-corrected chi connectivity index (χ4v) is 4.55. The van der Waals surface area contributed by atoms with Crippen molar-refractivity contribution in [3.8, 4) is 0 Å². The molecule has 0 unspecified atom stereocenters. The monoisotopic (exact) mass is 352 g/mol. The van der Waals surface area contributed by atoms with Crippen LogP contribution in [0.4, 0.5) is 0 Å². The van der Waals surface area contributed by atoms with Gasteiger partial charge in [0.25, 0.3) is 0 Å². The molecule has 24 heavy (non-hydrogen) atoms. The van der Waals surface area contributed by atoms with Gasteiger partial charge in [-0.2, -0.15) is 0 Å². The summed E-state index contributed by atoms with van der Waals surface area (Å²) in [6.45, 7) is 4.63. The predicted molar refractivity (Wildman–Crippen MR) is 90.3 cm³/mol. The third kappa shape index (κ3) is 3.34. The topological polar surface area (TPSA) is 66.9 Å². The highest BCUT2D eigenvalue weighted by Gasteiger charge is 2.48. The molecule has 0 bridgehead atoms. The molecule has 2 fully saturated rings. The van der Waals surface area contributed by atoms with Gasteiger partial charge in [0.15, 0.2) is 0 Å². The Kier molecular flexibility index (Phi) is 4.68. The molecular formula is C17H24N2O4S. The third-order valence-electron chi connectivity index (χ3n) is 4.81. The van der Waals surface area contributed by atoms with E-state index in [0.717, 1.165) is 5.56 Å². The van der Waals surface area contributed by atoms with Crippen LogP contribution >= 0.6 is 0 Å². The van der Waals surface area contributed by atoms with E-state index in [1.54, 1.807) is 13.8 Å². The number of sulfonamides is 1. The molecule has 132 valence electrons. The number of carbonyl (C=O) groups is 1. The molecule has 7 heteroatoms. The van der Waals surface area contributed by atoms with Crippen molar-refractivity contribution >= 4 is 15.9 Å². The SMILES string of the molecule is CC(C)S(=O)(=O)N1CCC2(CC1)CC(=O)N(Cc1ccccc1)O2. The number of hydrogen-bond donors (Lipinski definition) is 0. The largest absolute Gasteiger partial charge is 0.272 e. The number of carbonyl (C=O) groups excluding carboxylic acids is 1. The molecule has 3 rings (SSSR count). The maximum absolute atomic E-state index is 12.3. The van der Waals surface area contributed by atoms with Gasteiger partial charge in [-0.25, -0.2) is 17.8 Å². The molecule has 1 spiro atoms. The van der Waals surface area contributed by atoms with Crippen molar-refractivity contribution in [3.63, 3.8) is 0 Å². The smallest absolute Gasteiger partial charge is 0.249 e. The first-order valence-electron chi connectivity index (χ1n) is 8.35. The van der Waals surface area contributed by atoms with Gasteiger partial charge in [0, 0.05) is 13.1 Å². The van der Waals surface area contributed by atoms with Crippen molar-refractivity contribution in [2.24, 2.45) is 0 Å². The van der Waals surface area contributed by atoms with Crippen molar-refractivity contribution in [1.29, 1.82) is 0 Å². The number of hydrogen-bond acceptors (Lipinski definition) is 4. The van der Waals surface area contributed by atoms with Crippen molar-refractivity contribution < 1.29 is 18.0 Å². The summed E-state index contributed by atoms with van der Waals surface area (Å²) in [5.41, 5.74) is 0.470. The minimum atomic E-state index is -3.24. The maximum atomic E-state index is 12.3. The highest BCUT2D eigenvalue weighted by Crippen LogP contribution is 2.38. The predicted octanol–water partition coefficient (Wildman–Crippen LogP) is 1.92. The molecule has 2 aliphatic heterocycles. The quantitative estimate of drug-likeness (QED) is 0.830. The van der Waals surface area contributed by atoms with E-state index < -0.39 is 20.9 Å². The van der Waals surface area contributed by atoms with Gasteiger partial charge in [-0.05, 0) is 32.3 Å². The number of amides is 1. The first-order valence-corrected chi connectivity index (χ1v) is 9.85. The zero-order valence-corrected chi connectivity index (χ0v) is 15.0. The van der Waals surface area contributed by atoms with Crippen LogP contribution in [0.2, 0.25) is 0 Å². The first-order chi connectivity index (χ1) is 11.3. The second-order valence-electron chi connectivity index (χ2n) is 6.86. The lowest BCUT2D eigenvalue weighted by Gasteiger charge is -2.37. The molecule has 0 N–H and O–H groups in total. The van der Waals surface area contributed by atoms with E-state index in [1.807, 2.05) is 30.3 Å². The summed E-state index contributed by atoms with van der Waals surface area (Å²) in [6, 6.07) is 9.71. The van der Waals surface area contributed by atoms with Gasteiger partial charge in [-0.1, -0.05) is 30.3 Å². The summed E-state index contributed by atoms with van der Waals surface area (Å²) >= 11 is 0. The molecule has 0 atom stereocenters. The molecule has 2 aliphatic rings. The Morgan fingerprint density at radius 2 is 1.79 bits per heavy atom. The van der Waals surface area contributed by atoms with Gasteiger partial charge in [0.1, 0.15) is 5.60 Å². The van der Waals surface area contributed by atoms with E-state index in [9.17, 15) is 13.2 Å². The minimum absolute atomic E-state index is 0.0287. The van der Waals surface area contributed by atoms with E-state index in [1.165, 1.54) is 9.37 Å². The van der Waals surface area contributed by atoms with Crippen LogP contribution in [0, 0.1) is 0 Å². The molecular weight excluding hydrogens is 328 g/mol.